The summed E-state index contributed by atoms with van der Waals surface area (Å²) in [6, 6.07) is 7.62. The first-order valence-electron chi connectivity index (χ1n) is 6.90. The molecule has 0 aliphatic rings. The molecular formula is C19H22ClN. The van der Waals surface area contributed by atoms with Gasteiger partial charge in [-0.25, -0.2) is 0 Å². The molecule has 0 bridgehead atoms. The third-order valence-electron chi connectivity index (χ3n) is 3.00. The molecule has 0 spiro atoms. The van der Waals surface area contributed by atoms with Gasteiger partial charge >= 0.3 is 0 Å². The van der Waals surface area contributed by atoms with E-state index in [1.165, 1.54) is 5.57 Å². The fourth-order valence-corrected chi connectivity index (χ4v) is 1.95. The van der Waals surface area contributed by atoms with Crippen molar-refractivity contribution >= 4 is 17.2 Å². The molecule has 21 heavy (non-hydrogen) atoms. The predicted octanol–water partition coefficient (Wildman–Crippen LogP) is 5.32. The van der Waals surface area contributed by atoms with Gasteiger partial charge in [0.15, 0.2) is 0 Å². The summed E-state index contributed by atoms with van der Waals surface area (Å²) in [7, 11) is 0. The minimum Gasteiger partial charge on any atom is -0.326 e. The monoisotopic (exact) mass is 299 g/mol. The Labute approximate surface area is 132 Å². The third-order valence-corrected chi connectivity index (χ3v) is 3.25. The highest BCUT2D eigenvalue weighted by Gasteiger charge is 2.03. The molecule has 0 aliphatic carbocycles. The highest BCUT2D eigenvalue weighted by atomic mass is 35.5. The standard InChI is InChI=1S/C19H22ClN/c1-4-7-15(2)8-5-6-9-18(14-21)16(3)17-10-12-19(20)13-11-17/h4-13H,3,14,21H2,1-2H3/b6-5+,7-4-,15-8-,18-9+. The number of hydrogen-bond acceptors (Lipinski definition) is 1. The topological polar surface area (TPSA) is 26.0 Å². The molecule has 0 amide bonds. The molecule has 0 radical (unpaired) electrons. The zero-order chi connectivity index (χ0) is 15.7. The van der Waals surface area contributed by atoms with Gasteiger partial charge in [-0.1, -0.05) is 72.3 Å². The summed E-state index contributed by atoms with van der Waals surface area (Å²) in [5, 5.41) is 0.717. The van der Waals surface area contributed by atoms with Crippen molar-refractivity contribution < 1.29 is 0 Å². The highest BCUT2D eigenvalue weighted by Crippen LogP contribution is 2.22. The van der Waals surface area contributed by atoms with Gasteiger partial charge in [-0.2, -0.15) is 0 Å². The van der Waals surface area contributed by atoms with E-state index >= 15 is 0 Å². The molecule has 0 fully saturated rings. The van der Waals surface area contributed by atoms with Crippen molar-refractivity contribution in [2.45, 2.75) is 13.8 Å². The predicted molar refractivity (Wildman–Crippen MR) is 95.3 cm³/mol. The largest absolute Gasteiger partial charge is 0.326 e. The first-order valence-corrected chi connectivity index (χ1v) is 7.28. The first kappa shape index (κ1) is 17.2. The molecule has 2 N–H and O–H groups in total. The van der Waals surface area contributed by atoms with Gasteiger partial charge in [-0.15, -0.1) is 0 Å². The van der Waals surface area contributed by atoms with E-state index in [1.54, 1.807) is 0 Å². The maximum absolute atomic E-state index is 5.90. The average Bonchev–Trinajstić information content (AvgIpc) is 2.48. The van der Waals surface area contributed by atoms with E-state index in [0.717, 1.165) is 16.7 Å². The lowest BCUT2D eigenvalue weighted by Crippen LogP contribution is -2.04. The maximum Gasteiger partial charge on any atom is 0.0406 e. The lowest BCUT2D eigenvalue weighted by molar-refractivity contribution is 1.19. The number of rotatable bonds is 6. The molecule has 1 aromatic rings. The van der Waals surface area contributed by atoms with E-state index in [2.05, 4.69) is 25.7 Å². The second-order valence-corrected chi connectivity index (χ2v) is 5.11. The summed E-state index contributed by atoms with van der Waals surface area (Å²) < 4.78 is 0. The molecule has 2 heteroatoms. The highest BCUT2D eigenvalue weighted by molar-refractivity contribution is 6.30. The Morgan fingerprint density at radius 1 is 1.19 bits per heavy atom. The van der Waals surface area contributed by atoms with Crippen LogP contribution in [0, 0.1) is 0 Å². The Balaban J connectivity index is 2.84. The smallest absolute Gasteiger partial charge is 0.0406 e. The normalized spacial score (nSPS) is 13.3. The maximum atomic E-state index is 5.90. The summed E-state index contributed by atoms with van der Waals surface area (Å²) in [5.41, 5.74) is 9.98. The Bertz CT molecular complexity index is 586. The van der Waals surface area contributed by atoms with Gasteiger partial charge in [0.1, 0.15) is 0 Å². The van der Waals surface area contributed by atoms with Gasteiger partial charge < -0.3 is 5.73 Å². The Morgan fingerprint density at radius 3 is 2.38 bits per heavy atom. The van der Waals surface area contributed by atoms with Crippen LogP contribution in [0.4, 0.5) is 0 Å². The van der Waals surface area contributed by atoms with Crippen LogP contribution in [0.5, 0.6) is 0 Å². The van der Waals surface area contributed by atoms with Gasteiger partial charge in [-0.3, -0.25) is 0 Å². The van der Waals surface area contributed by atoms with E-state index < -0.39 is 0 Å². The number of benzene rings is 1. The van der Waals surface area contributed by atoms with Crippen molar-refractivity contribution in [1.82, 2.24) is 0 Å². The van der Waals surface area contributed by atoms with Crippen molar-refractivity contribution in [3.8, 4) is 0 Å². The summed E-state index contributed by atoms with van der Waals surface area (Å²) in [5.74, 6) is 0. The Hall–Kier alpha value is -1.83. The van der Waals surface area contributed by atoms with E-state index in [0.29, 0.717) is 11.6 Å². The molecule has 0 atom stereocenters. The number of nitrogens with two attached hydrogens (primary N) is 1. The van der Waals surface area contributed by atoms with Gasteiger partial charge in [0, 0.05) is 11.6 Å². The van der Waals surface area contributed by atoms with E-state index in [4.69, 9.17) is 17.3 Å². The molecular weight excluding hydrogens is 278 g/mol. The average molecular weight is 300 g/mol. The van der Waals surface area contributed by atoms with Crippen LogP contribution < -0.4 is 5.73 Å². The second-order valence-electron chi connectivity index (χ2n) is 4.68. The minimum atomic E-state index is 0.448. The molecule has 110 valence electrons. The molecule has 0 unspecified atom stereocenters. The SMILES string of the molecule is C=C(/C(=C/C=C/C=C(C)\C=C/C)CN)c1ccc(Cl)cc1. The minimum absolute atomic E-state index is 0.448. The van der Waals surface area contributed by atoms with Crippen LogP contribution in [0.1, 0.15) is 19.4 Å². The van der Waals surface area contributed by atoms with Gasteiger partial charge in [0.2, 0.25) is 0 Å². The second kappa shape index (κ2) is 9.17. The molecule has 0 saturated carbocycles. The third kappa shape index (κ3) is 5.99. The molecule has 1 rings (SSSR count). The number of hydrogen-bond donors (Lipinski definition) is 1. The van der Waals surface area contributed by atoms with Crippen LogP contribution in [-0.4, -0.2) is 6.54 Å². The zero-order valence-electron chi connectivity index (χ0n) is 12.6. The lowest BCUT2D eigenvalue weighted by atomic mass is 9.99. The zero-order valence-corrected chi connectivity index (χ0v) is 13.4. The van der Waals surface area contributed by atoms with Crippen molar-refractivity contribution in [3.05, 3.63) is 89.0 Å². The fraction of sp³-hybridized carbons (Fsp3) is 0.158. The van der Waals surface area contributed by atoms with E-state index in [-0.39, 0.29) is 0 Å². The lowest BCUT2D eigenvalue weighted by Gasteiger charge is -2.08. The van der Waals surface area contributed by atoms with Crippen LogP contribution in [0.2, 0.25) is 5.02 Å². The summed E-state index contributed by atoms with van der Waals surface area (Å²) in [4.78, 5) is 0. The summed E-state index contributed by atoms with van der Waals surface area (Å²) >= 11 is 5.90. The van der Waals surface area contributed by atoms with Crippen molar-refractivity contribution in [3.63, 3.8) is 0 Å². The first-order chi connectivity index (χ1) is 10.1. The molecule has 0 aromatic heterocycles. The van der Waals surface area contributed by atoms with Crippen molar-refractivity contribution in [1.29, 1.82) is 0 Å². The van der Waals surface area contributed by atoms with E-state index in [1.807, 2.05) is 55.5 Å². The molecule has 1 nitrogen and oxygen atoms in total. The Kier molecular flexibility index (Phi) is 7.52. The summed E-state index contributed by atoms with van der Waals surface area (Å²) in [6.07, 6.45) is 12.1. The van der Waals surface area contributed by atoms with Crippen LogP contribution >= 0.6 is 11.6 Å². The molecule has 1 aromatic carbocycles. The van der Waals surface area contributed by atoms with Crippen LogP contribution in [0.25, 0.3) is 5.57 Å². The van der Waals surface area contributed by atoms with Gasteiger partial charge in [0.05, 0.1) is 0 Å². The van der Waals surface area contributed by atoms with E-state index in [9.17, 15) is 0 Å². The van der Waals surface area contributed by atoms with Crippen LogP contribution in [0.3, 0.4) is 0 Å². The number of allylic oxidation sites excluding steroid dienone is 7. The van der Waals surface area contributed by atoms with Crippen LogP contribution in [0.15, 0.2) is 78.4 Å². The summed E-state index contributed by atoms with van der Waals surface area (Å²) in [6.45, 7) is 8.63. The van der Waals surface area contributed by atoms with Crippen molar-refractivity contribution in [2.24, 2.45) is 5.73 Å². The van der Waals surface area contributed by atoms with Crippen LogP contribution in [-0.2, 0) is 0 Å². The van der Waals surface area contributed by atoms with Gasteiger partial charge in [-0.05, 0) is 42.7 Å². The fourth-order valence-electron chi connectivity index (χ4n) is 1.83. The van der Waals surface area contributed by atoms with Gasteiger partial charge in [0.25, 0.3) is 0 Å². The number of halogens is 1. The quantitative estimate of drug-likeness (QED) is 0.707. The molecule has 0 heterocycles. The molecule has 0 aliphatic heterocycles. The molecule has 0 saturated heterocycles. The Morgan fingerprint density at radius 2 is 1.81 bits per heavy atom. The van der Waals surface area contributed by atoms with Crippen molar-refractivity contribution in [2.75, 3.05) is 6.54 Å².